The number of alkyl halides is 1. The number of nitrogens with zero attached hydrogens (tertiary/aromatic N) is 2. The van der Waals surface area contributed by atoms with Crippen LogP contribution in [0.1, 0.15) is 12.1 Å². The summed E-state index contributed by atoms with van der Waals surface area (Å²) in [6.07, 6.45) is 5.31. The van der Waals surface area contributed by atoms with E-state index >= 15 is 0 Å². The number of pyridine rings is 1. The van der Waals surface area contributed by atoms with Crippen LogP contribution in [0.3, 0.4) is 0 Å². The molecule has 1 aromatic heterocycles. The van der Waals surface area contributed by atoms with E-state index in [0.29, 0.717) is 12.3 Å². The molecule has 80 valence electrons. The summed E-state index contributed by atoms with van der Waals surface area (Å²) in [5.41, 5.74) is 0.183. The maximum atomic E-state index is 10.7. The third kappa shape index (κ3) is 3.49. The van der Waals surface area contributed by atoms with E-state index in [9.17, 15) is 10.1 Å². The van der Waals surface area contributed by atoms with Gasteiger partial charge in [0.05, 0.1) is 9.95 Å². The Hall–Kier alpha value is -1.13. The predicted molar refractivity (Wildman–Crippen MR) is 60.3 cm³/mol. The smallest absolute Gasteiger partial charge is 0.258 e. The zero-order valence-electron chi connectivity index (χ0n) is 7.69. The van der Waals surface area contributed by atoms with Crippen LogP contribution in [0.25, 0.3) is 6.08 Å². The molecule has 0 saturated carbocycles. The van der Waals surface area contributed by atoms with Crippen molar-refractivity contribution in [1.82, 2.24) is 4.98 Å². The van der Waals surface area contributed by atoms with Gasteiger partial charge in [-0.25, -0.2) is 4.98 Å². The summed E-state index contributed by atoms with van der Waals surface area (Å²) < 4.78 is 0. The summed E-state index contributed by atoms with van der Waals surface area (Å²) in [4.78, 5) is 14.0. The van der Waals surface area contributed by atoms with Gasteiger partial charge in [0.25, 0.3) is 5.69 Å². The predicted octanol–water partition coefficient (Wildman–Crippen LogP) is 3.29. The first-order valence-corrected chi connectivity index (χ1v) is 5.09. The summed E-state index contributed by atoms with van der Waals surface area (Å²) in [5.74, 6) is 0.470. The number of hydrogen-bond donors (Lipinski definition) is 0. The highest BCUT2D eigenvalue weighted by Gasteiger charge is 2.12. The second-order valence-corrected chi connectivity index (χ2v) is 3.51. The number of halogens is 2. The van der Waals surface area contributed by atoms with E-state index in [0.717, 1.165) is 0 Å². The molecular formula is C9H8Cl2N2O2. The average Bonchev–Trinajstić information content (AvgIpc) is 2.20. The molecule has 0 aliphatic heterocycles. The number of aromatic nitrogens is 1. The molecular weight excluding hydrogens is 239 g/mol. The van der Waals surface area contributed by atoms with Gasteiger partial charge in [-0.3, -0.25) is 10.1 Å². The molecule has 0 bridgehead atoms. The van der Waals surface area contributed by atoms with Crippen molar-refractivity contribution in [2.24, 2.45) is 0 Å². The summed E-state index contributed by atoms with van der Waals surface area (Å²) in [5, 5.41) is 10.9. The third-order valence-corrected chi connectivity index (χ3v) is 2.04. The molecule has 4 nitrogen and oxygen atoms in total. The summed E-state index contributed by atoms with van der Waals surface area (Å²) in [6.45, 7) is 0. The molecule has 0 amide bonds. The highest BCUT2D eigenvalue weighted by molar-refractivity contribution is 6.30. The SMILES string of the molecule is O=[N+]([O-])c1cc(Cl)cnc1C=CCCCl. The molecule has 0 N–H and O–H groups in total. The van der Waals surface area contributed by atoms with Crippen LogP contribution in [0.2, 0.25) is 5.02 Å². The normalized spacial score (nSPS) is 10.8. The molecule has 0 aliphatic carbocycles. The Morgan fingerprint density at radius 3 is 2.93 bits per heavy atom. The van der Waals surface area contributed by atoms with Crippen LogP contribution in [-0.2, 0) is 0 Å². The fourth-order valence-electron chi connectivity index (χ4n) is 0.972. The van der Waals surface area contributed by atoms with E-state index in [1.54, 1.807) is 12.2 Å². The molecule has 6 heteroatoms. The molecule has 0 fully saturated rings. The van der Waals surface area contributed by atoms with Gasteiger partial charge in [-0.2, -0.15) is 0 Å². The molecule has 0 spiro atoms. The van der Waals surface area contributed by atoms with Crippen LogP contribution >= 0.6 is 23.2 Å². The van der Waals surface area contributed by atoms with Gasteiger partial charge in [0.1, 0.15) is 5.69 Å². The Labute approximate surface area is 96.7 Å². The molecule has 0 aliphatic rings. The fraction of sp³-hybridized carbons (Fsp3) is 0.222. The van der Waals surface area contributed by atoms with Crippen molar-refractivity contribution in [3.63, 3.8) is 0 Å². The molecule has 1 rings (SSSR count). The van der Waals surface area contributed by atoms with Crippen molar-refractivity contribution < 1.29 is 4.92 Å². The van der Waals surface area contributed by atoms with E-state index in [2.05, 4.69) is 4.98 Å². The summed E-state index contributed by atoms with van der Waals surface area (Å²) in [6, 6.07) is 1.27. The first-order valence-electron chi connectivity index (χ1n) is 4.17. The first-order chi connectivity index (χ1) is 7.15. The maximum absolute atomic E-state index is 10.7. The first kappa shape index (κ1) is 11.9. The third-order valence-electron chi connectivity index (χ3n) is 1.61. The van der Waals surface area contributed by atoms with Gasteiger partial charge < -0.3 is 0 Å². The van der Waals surface area contributed by atoms with Crippen LogP contribution in [0.15, 0.2) is 18.3 Å². The monoisotopic (exact) mass is 246 g/mol. The Bertz CT molecular complexity index is 394. The lowest BCUT2D eigenvalue weighted by Crippen LogP contribution is -1.93. The van der Waals surface area contributed by atoms with Gasteiger partial charge in [-0.15, -0.1) is 11.6 Å². The zero-order chi connectivity index (χ0) is 11.3. The number of rotatable bonds is 4. The van der Waals surface area contributed by atoms with Crippen LogP contribution in [0, 0.1) is 10.1 Å². The standard InChI is InChI=1S/C9H8Cl2N2O2/c10-4-2-1-3-8-9(13(14)15)5-7(11)6-12-8/h1,3,5-6H,2,4H2. The lowest BCUT2D eigenvalue weighted by molar-refractivity contribution is -0.385. The lowest BCUT2D eigenvalue weighted by Gasteiger charge is -1.96. The Morgan fingerprint density at radius 1 is 1.60 bits per heavy atom. The van der Waals surface area contributed by atoms with Crippen molar-refractivity contribution in [1.29, 1.82) is 0 Å². The Balaban J connectivity index is 3.01. The molecule has 0 saturated heterocycles. The number of nitro groups is 1. The van der Waals surface area contributed by atoms with Crippen molar-refractivity contribution in [2.75, 3.05) is 5.88 Å². The second-order valence-electron chi connectivity index (χ2n) is 2.70. The second kappa shape index (κ2) is 5.68. The quantitative estimate of drug-likeness (QED) is 0.466. The van der Waals surface area contributed by atoms with Crippen LogP contribution in [0.5, 0.6) is 0 Å². The number of allylic oxidation sites excluding steroid dienone is 1. The lowest BCUT2D eigenvalue weighted by atomic mass is 10.2. The minimum atomic E-state index is -0.515. The van der Waals surface area contributed by atoms with Gasteiger partial charge >= 0.3 is 0 Å². The zero-order valence-corrected chi connectivity index (χ0v) is 9.20. The fourth-order valence-corrected chi connectivity index (χ4v) is 1.25. The van der Waals surface area contributed by atoms with Crippen LogP contribution < -0.4 is 0 Å². The molecule has 0 radical (unpaired) electrons. The van der Waals surface area contributed by atoms with Crippen LogP contribution in [-0.4, -0.2) is 15.8 Å². The van der Waals surface area contributed by atoms with Gasteiger partial charge in [-0.05, 0) is 12.5 Å². The van der Waals surface area contributed by atoms with E-state index in [4.69, 9.17) is 23.2 Å². The Morgan fingerprint density at radius 2 is 2.33 bits per heavy atom. The molecule has 1 heterocycles. The van der Waals surface area contributed by atoms with Crippen molar-refractivity contribution in [2.45, 2.75) is 6.42 Å². The molecule has 0 atom stereocenters. The van der Waals surface area contributed by atoms with E-state index in [1.165, 1.54) is 12.3 Å². The van der Waals surface area contributed by atoms with E-state index < -0.39 is 4.92 Å². The topological polar surface area (TPSA) is 56.0 Å². The molecule has 15 heavy (non-hydrogen) atoms. The average molecular weight is 247 g/mol. The van der Waals surface area contributed by atoms with Gasteiger partial charge in [0, 0.05) is 18.1 Å². The summed E-state index contributed by atoms with van der Waals surface area (Å²) in [7, 11) is 0. The molecule has 1 aromatic rings. The number of hydrogen-bond acceptors (Lipinski definition) is 3. The highest BCUT2D eigenvalue weighted by atomic mass is 35.5. The van der Waals surface area contributed by atoms with Crippen LogP contribution in [0.4, 0.5) is 5.69 Å². The summed E-state index contributed by atoms with van der Waals surface area (Å²) >= 11 is 11.1. The van der Waals surface area contributed by atoms with Gasteiger partial charge in [0.2, 0.25) is 0 Å². The largest absolute Gasteiger partial charge is 0.296 e. The highest BCUT2D eigenvalue weighted by Crippen LogP contribution is 2.21. The van der Waals surface area contributed by atoms with Gasteiger partial charge in [0.15, 0.2) is 0 Å². The Kier molecular flexibility index (Phi) is 4.52. The maximum Gasteiger partial charge on any atom is 0.296 e. The van der Waals surface area contributed by atoms with E-state index in [1.807, 2.05) is 0 Å². The minimum absolute atomic E-state index is 0.103. The minimum Gasteiger partial charge on any atom is -0.258 e. The molecule has 0 unspecified atom stereocenters. The van der Waals surface area contributed by atoms with Crippen molar-refractivity contribution >= 4 is 35.0 Å². The van der Waals surface area contributed by atoms with Crippen molar-refractivity contribution in [3.05, 3.63) is 39.2 Å². The van der Waals surface area contributed by atoms with Gasteiger partial charge in [-0.1, -0.05) is 17.7 Å². The van der Waals surface area contributed by atoms with E-state index in [-0.39, 0.29) is 16.4 Å². The van der Waals surface area contributed by atoms with Crippen molar-refractivity contribution in [3.8, 4) is 0 Å². The molecule has 0 aromatic carbocycles.